The van der Waals surface area contributed by atoms with Gasteiger partial charge in [0.15, 0.2) is 6.61 Å². The highest BCUT2D eigenvalue weighted by molar-refractivity contribution is 7.11. The lowest BCUT2D eigenvalue weighted by atomic mass is 10.2. The van der Waals surface area contributed by atoms with Gasteiger partial charge in [0.1, 0.15) is 11.9 Å². The van der Waals surface area contributed by atoms with Crippen LogP contribution in [0.25, 0.3) is 0 Å². The van der Waals surface area contributed by atoms with Crippen LogP contribution in [0.4, 0.5) is 0 Å². The Morgan fingerprint density at radius 1 is 1.45 bits per heavy atom. The van der Waals surface area contributed by atoms with Crippen molar-refractivity contribution < 1.29 is 14.3 Å². The quantitative estimate of drug-likeness (QED) is 0.850. The Balaban J connectivity index is 1.48. The lowest BCUT2D eigenvalue weighted by Crippen LogP contribution is -2.34. The molecule has 0 bridgehead atoms. The molecule has 0 aliphatic carbocycles. The van der Waals surface area contributed by atoms with E-state index in [-0.39, 0.29) is 18.6 Å². The Kier molecular flexibility index (Phi) is 4.58. The van der Waals surface area contributed by atoms with Gasteiger partial charge in [0.05, 0.1) is 6.54 Å². The van der Waals surface area contributed by atoms with Crippen molar-refractivity contribution in [3.05, 3.63) is 41.4 Å². The molecule has 1 amide bonds. The number of aryl methyl sites for hydroxylation is 1. The average molecular weight is 318 g/mol. The molecule has 3 rings (SSSR count). The summed E-state index contributed by atoms with van der Waals surface area (Å²) < 4.78 is 11.4. The van der Waals surface area contributed by atoms with Crippen LogP contribution in [-0.4, -0.2) is 41.6 Å². The molecule has 2 aromatic rings. The van der Waals surface area contributed by atoms with E-state index in [4.69, 9.17) is 9.47 Å². The molecular formula is C16H18N2O3S. The van der Waals surface area contributed by atoms with Gasteiger partial charge >= 0.3 is 0 Å². The van der Waals surface area contributed by atoms with Gasteiger partial charge in [-0.05, 0) is 18.6 Å². The molecule has 1 atom stereocenters. The molecule has 1 aromatic heterocycles. The molecule has 0 saturated carbocycles. The summed E-state index contributed by atoms with van der Waals surface area (Å²) >= 11 is 1.47. The van der Waals surface area contributed by atoms with E-state index in [0.717, 1.165) is 17.7 Å². The van der Waals surface area contributed by atoms with Crippen LogP contribution in [-0.2, 0) is 4.79 Å². The van der Waals surface area contributed by atoms with Gasteiger partial charge in [0.2, 0.25) is 0 Å². The number of para-hydroxylation sites is 1. The van der Waals surface area contributed by atoms with Crippen LogP contribution in [0.1, 0.15) is 12.0 Å². The van der Waals surface area contributed by atoms with E-state index in [9.17, 15) is 4.79 Å². The van der Waals surface area contributed by atoms with Crippen molar-refractivity contribution in [2.75, 3.05) is 19.7 Å². The molecule has 1 saturated heterocycles. The van der Waals surface area contributed by atoms with E-state index in [2.05, 4.69) is 4.98 Å². The number of rotatable bonds is 5. The second kappa shape index (κ2) is 6.79. The maximum absolute atomic E-state index is 12.2. The van der Waals surface area contributed by atoms with Crippen LogP contribution < -0.4 is 9.47 Å². The predicted octanol–water partition coefficient (Wildman–Crippen LogP) is 2.51. The second-order valence-corrected chi connectivity index (χ2v) is 6.08. The van der Waals surface area contributed by atoms with Crippen LogP contribution in [0.2, 0.25) is 0 Å². The van der Waals surface area contributed by atoms with Gasteiger partial charge < -0.3 is 14.4 Å². The first-order chi connectivity index (χ1) is 10.7. The lowest BCUT2D eigenvalue weighted by molar-refractivity contribution is -0.132. The monoisotopic (exact) mass is 318 g/mol. The molecule has 6 heteroatoms. The highest BCUT2D eigenvalue weighted by Crippen LogP contribution is 2.21. The minimum absolute atomic E-state index is 0.00603. The van der Waals surface area contributed by atoms with E-state index < -0.39 is 0 Å². The number of carbonyl (C=O) groups is 1. The van der Waals surface area contributed by atoms with Crippen LogP contribution in [0.5, 0.6) is 10.9 Å². The molecule has 1 fully saturated rings. The first-order valence-corrected chi connectivity index (χ1v) is 8.12. The molecule has 22 heavy (non-hydrogen) atoms. The zero-order valence-corrected chi connectivity index (χ0v) is 13.2. The van der Waals surface area contributed by atoms with Gasteiger partial charge in [-0.2, -0.15) is 0 Å². The van der Waals surface area contributed by atoms with Gasteiger partial charge in [0.25, 0.3) is 11.1 Å². The van der Waals surface area contributed by atoms with Crippen molar-refractivity contribution in [2.45, 2.75) is 19.4 Å². The number of benzene rings is 1. The largest absolute Gasteiger partial charge is 0.484 e. The lowest BCUT2D eigenvalue weighted by Gasteiger charge is -2.17. The molecule has 0 spiro atoms. The summed E-state index contributed by atoms with van der Waals surface area (Å²) in [6.07, 6.45) is 2.57. The molecular weight excluding hydrogens is 300 g/mol. The molecule has 0 radical (unpaired) electrons. The Morgan fingerprint density at radius 3 is 3.09 bits per heavy atom. The van der Waals surface area contributed by atoms with Gasteiger partial charge in [-0.1, -0.05) is 29.5 Å². The van der Waals surface area contributed by atoms with E-state index in [1.807, 2.05) is 36.6 Å². The number of nitrogens with zero attached hydrogens (tertiary/aromatic N) is 2. The Hall–Kier alpha value is -2.08. The van der Waals surface area contributed by atoms with Gasteiger partial charge in [-0.25, -0.2) is 4.98 Å². The number of amides is 1. The summed E-state index contributed by atoms with van der Waals surface area (Å²) in [6, 6.07) is 7.69. The molecule has 1 unspecified atom stereocenters. The second-order valence-electron chi connectivity index (χ2n) is 5.22. The topological polar surface area (TPSA) is 51.7 Å². The van der Waals surface area contributed by atoms with Crippen molar-refractivity contribution in [3.8, 4) is 10.9 Å². The highest BCUT2D eigenvalue weighted by atomic mass is 32.1. The average Bonchev–Trinajstić information content (AvgIpc) is 3.18. The summed E-state index contributed by atoms with van der Waals surface area (Å²) in [7, 11) is 0. The van der Waals surface area contributed by atoms with Crippen molar-refractivity contribution in [1.29, 1.82) is 0 Å². The SMILES string of the molecule is Cc1ccccc1OCC(=O)N1CCC(Oc2nccs2)C1. The molecule has 5 nitrogen and oxygen atoms in total. The molecule has 1 aliphatic heterocycles. The van der Waals surface area contributed by atoms with Crippen LogP contribution in [0.15, 0.2) is 35.8 Å². The van der Waals surface area contributed by atoms with Crippen molar-refractivity contribution >= 4 is 17.2 Å². The molecule has 0 N–H and O–H groups in total. The molecule has 1 aliphatic rings. The van der Waals surface area contributed by atoms with Crippen molar-refractivity contribution in [1.82, 2.24) is 9.88 Å². The van der Waals surface area contributed by atoms with Crippen molar-refractivity contribution in [3.63, 3.8) is 0 Å². The Morgan fingerprint density at radius 2 is 2.32 bits per heavy atom. The van der Waals surface area contributed by atoms with Crippen LogP contribution >= 0.6 is 11.3 Å². The highest BCUT2D eigenvalue weighted by Gasteiger charge is 2.28. The first kappa shape index (κ1) is 14.8. The fourth-order valence-electron chi connectivity index (χ4n) is 2.41. The zero-order valence-electron chi connectivity index (χ0n) is 12.4. The minimum atomic E-state index is -0.00603. The van der Waals surface area contributed by atoms with Crippen molar-refractivity contribution in [2.24, 2.45) is 0 Å². The third-order valence-electron chi connectivity index (χ3n) is 3.62. The number of aromatic nitrogens is 1. The first-order valence-electron chi connectivity index (χ1n) is 7.25. The smallest absolute Gasteiger partial charge is 0.273 e. The van der Waals surface area contributed by atoms with Crippen LogP contribution in [0.3, 0.4) is 0 Å². The summed E-state index contributed by atoms with van der Waals surface area (Å²) in [4.78, 5) is 18.1. The third kappa shape index (κ3) is 3.57. The predicted molar refractivity (Wildman–Crippen MR) is 84.4 cm³/mol. The van der Waals surface area contributed by atoms with Gasteiger partial charge in [-0.15, -0.1) is 0 Å². The number of hydrogen-bond acceptors (Lipinski definition) is 5. The minimum Gasteiger partial charge on any atom is -0.484 e. The maximum atomic E-state index is 12.2. The summed E-state index contributed by atoms with van der Waals surface area (Å²) in [5.74, 6) is 0.749. The van der Waals surface area contributed by atoms with E-state index in [0.29, 0.717) is 18.3 Å². The number of likely N-dealkylation sites (tertiary alicyclic amines) is 1. The number of thiazole rings is 1. The normalized spacial score (nSPS) is 17.5. The third-order valence-corrected chi connectivity index (χ3v) is 4.28. The zero-order chi connectivity index (χ0) is 15.4. The summed E-state index contributed by atoms with van der Waals surface area (Å²) in [6.45, 7) is 3.32. The summed E-state index contributed by atoms with van der Waals surface area (Å²) in [5, 5.41) is 2.54. The molecule has 2 heterocycles. The fourth-order valence-corrected chi connectivity index (χ4v) is 2.96. The van der Waals surface area contributed by atoms with E-state index in [1.165, 1.54) is 11.3 Å². The Labute approximate surface area is 133 Å². The maximum Gasteiger partial charge on any atom is 0.273 e. The summed E-state index contributed by atoms with van der Waals surface area (Å²) in [5.41, 5.74) is 1.03. The Bertz CT molecular complexity index is 630. The molecule has 1 aromatic carbocycles. The molecule has 116 valence electrons. The van der Waals surface area contributed by atoms with E-state index in [1.54, 1.807) is 11.1 Å². The standard InChI is InChI=1S/C16H18N2O3S/c1-12-4-2-3-5-14(12)20-11-15(19)18-8-6-13(10-18)21-16-17-7-9-22-16/h2-5,7,9,13H,6,8,10-11H2,1H3. The van der Waals surface area contributed by atoms with Gasteiger partial charge in [0, 0.05) is 24.5 Å². The fraction of sp³-hybridized carbons (Fsp3) is 0.375. The van der Waals surface area contributed by atoms with E-state index >= 15 is 0 Å². The van der Waals surface area contributed by atoms with Crippen LogP contribution in [0, 0.1) is 6.92 Å². The number of carbonyl (C=O) groups excluding carboxylic acids is 1. The number of hydrogen-bond donors (Lipinski definition) is 0. The van der Waals surface area contributed by atoms with Gasteiger partial charge in [-0.3, -0.25) is 4.79 Å². The number of ether oxygens (including phenoxy) is 2.